The molecule has 0 bridgehead atoms. The molecule has 14 rings (SSSR count). The fourth-order valence-electron chi connectivity index (χ4n) is 6.24. The molecule has 0 aliphatic rings. The predicted octanol–water partition coefficient (Wildman–Crippen LogP) is 3.15. The minimum absolute atomic E-state index is 0.699. The molecule has 14 aromatic rings. The van der Waals surface area contributed by atoms with Crippen molar-refractivity contribution in [1.82, 2.24) is 135 Å². The van der Waals surface area contributed by atoms with E-state index >= 15 is 0 Å². The average molecular weight is 938 g/mol. The summed E-state index contributed by atoms with van der Waals surface area (Å²) in [5.41, 5.74) is 12.3. The zero-order chi connectivity index (χ0) is 48.8. The van der Waals surface area contributed by atoms with E-state index in [1.807, 2.05) is 114 Å². The van der Waals surface area contributed by atoms with Crippen LogP contribution in [0.15, 0.2) is 135 Å². The van der Waals surface area contributed by atoms with Crippen LogP contribution in [0.1, 0.15) is 0 Å². The molecule has 0 spiro atoms. The number of hydrogen-bond acceptors (Lipinski definition) is 20. The molecule has 70 heavy (non-hydrogen) atoms. The van der Waals surface area contributed by atoms with Crippen LogP contribution in [0.5, 0.6) is 0 Å². The molecular formula is C43H43N27. The Kier molecular flexibility index (Phi) is 14.6. The Labute approximate surface area is 395 Å². The zero-order valence-corrected chi connectivity index (χ0v) is 38.8. The van der Waals surface area contributed by atoms with Gasteiger partial charge in [-0.05, 0) is 66.7 Å². The van der Waals surface area contributed by atoms with Gasteiger partial charge in [0.15, 0.2) is 5.65 Å². The lowest BCUT2D eigenvalue weighted by molar-refractivity contribution is 0.663. The van der Waals surface area contributed by atoms with Gasteiger partial charge in [-0.25, -0.2) is 38.4 Å². The minimum Gasteiger partial charge on any atom is -0.262 e. The molecule has 1 aromatic carbocycles. The third kappa shape index (κ3) is 11.5. The van der Waals surface area contributed by atoms with Gasteiger partial charge in [-0.15, -0.1) is 30.6 Å². The standard InChI is InChI=1S/C7H7N3.6C6H6N4/c1-10-7-5-3-2-4-6(7)8-9-10;1-10-6-2-3-7-4-5(6)8-9-10;1-10-6-4-7-3-2-5(6)8-9-10;1-10-8-5-2-3-7-4-6(5)9-10;1-10-5-3-2-4-7-6(5)8-9-10;1-10-6-5(8-9-10)3-2-4-7-6;1-10-8-5-3-2-4-7-6(5)9-10/h2-5H,1H3;6*2-4H,1H3. The van der Waals surface area contributed by atoms with Crippen molar-refractivity contribution >= 4 is 77.6 Å². The molecule has 27 heteroatoms. The molecule has 0 amide bonds. The number of aryl methyl sites for hydroxylation is 7. The number of para-hydroxylation sites is 1. The summed E-state index contributed by atoms with van der Waals surface area (Å²) in [6, 6.07) is 24.7. The molecule has 13 heterocycles. The molecule has 0 unspecified atom stereocenters. The summed E-state index contributed by atoms with van der Waals surface area (Å²) in [5, 5.41) is 54.7. The van der Waals surface area contributed by atoms with E-state index in [4.69, 9.17) is 0 Å². The Balaban J connectivity index is 0.000000110. The summed E-state index contributed by atoms with van der Waals surface area (Å²) < 4.78 is 8.52. The number of nitrogens with zero attached hydrogens (tertiary/aromatic N) is 27. The van der Waals surface area contributed by atoms with Gasteiger partial charge < -0.3 is 0 Å². The second-order valence-electron chi connectivity index (χ2n) is 14.6. The van der Waals surface area contributed by atoms with Crippen LogP contribution in [0.25, 0.3) is 77.6 Å². The minimum atomic E-state index is 0.699. The van der Waals surface area contributed by atoms with Crippen LogP contribution in [0.4, 0.5) is 0 Å². The van der Waals surface area contributed by atoms with Gasteiger partial charge in [0.2, 0.25) is 11.3 Å². The highest BCUT2D eigenvalue weighted by Crippen LogP contribution is 2.09. The molecule has 0 N–H and O–H groups in total. The van der Waals surface area contributed by atoms with Gasteiger partial charge in [0.05, 0.1) is 29.6 Å². The van der Waals surface area contributed by atoms with Gasteiger partial charge in [-0.2, -0.15) is 24.9 Å². The first-order valence-electron chi connectivity index (χ1n) is 21.0. The van der Waals surface area contributed by atoms with E-state index in [1.165, 1.54) is 9.59 Å². The van der Waals surface area contributed by atoms with Crippen LogP contribution in [0.2, 0.25) is 0 Å². The number of rotatable bonds is 0. The van der Waals surface area contributed by atoms with Gasteiger partial charge in [-0.3, -0.25) is 15.0 Å². The lowest BCUT2D eigenvalue weighted by Gasteiger charge is -1.87. The van der Waals surface area contributed by atoms with E-state index in [-0.39, 0.29) is 0 Å². The van der Waals surface area contributed by atoms with Crippen LogP contribution >= 0.6 is 0 Å². The number of pyridine rings is 6. The Morgan fingerprint density at radius 3 is 1.46 bits per heavy atom. The summed E-state index contributed by atoms with van der Waals surface area (Å²) in [4.78, 5) is 26.9. The second-order valence-corrected chi connectivity index (χ2v) is 14.6. The first kappa shape index (κ1) is 46.4. The molecule has 350 valence electrons. The van der Waals surface area contributed by atoms with Crippen LogP contribution in [0, 0.1) is 0 Å². The average Bonchev–Trinajstić information content (AvgIpc) is 4.29. The van der Waals surface area contributed by atoms with Crippen molar-refractivity contribution in [3.63, 3.8) is 0 Å². The Bertz CT molecular complexity index is 3290. The number of fused-ring (bicyclic) bond motifs is 7. The predicted molar refractivity (Wildman–Crippen MR) is 256 cm³/mol. The summed E-state index contributed by atoms with van der Waals surface area (Å²) in [6.45, 7) is 0. The fraction of sp³-hybridized carbons (Fsp3) is 0.163. The Morgan fingerprint density at radius 1 is 0.300 bits per heavy atom. The zero-order valence-electron chi connectivity index (χ0n) is 38.8. The van der Waals surface area contributed by atoms with E-state index in [9.17, 15) is 0 Å². The van der Waals surface area contributed by atoms with E-state index in [2.05, 4.69) is 102 Å². The van der Waals surface area contributed by atoms with Gasteiger partial charge >= 0.3 is 0 Å². The fourth-order valence-corrected chi connectivity index (χ4v) is 6.24. The largest absolute Gasteiger partial charge is 0.262 e. The number of benzene rings is 1. The van der Waals surface area contributed by atoms with Crippen molar-refractivity contribution < 1.29 is 0 Å². The van der Waals surface area contributed by atoms with Crippen molar-refractivity contribution in [1.29, 1.82) is 0 Å². The Morgan fingerprint density at radius 2 is 0.771 bits per heavy atom. The van der Waals surface area contributed by atoms with E-state index in [0.717, 1.165) is 66.3 Å². The van der Waals surface area contributed by atoms with Crippen LogP contribution in [-0.2, 0) is 49.3 Å². The molecule has 0 aliphatic heterocycles. The van der Waals surface area contributed by atoms with Crippen LogP contribution < -0.4 is 0 Å². The lowest BCUT2D eigenvalue weighted by atomic mass is 10.3. The highest BCUT2D eigenvalue weighted by Gasteiger charge is 2.02. The smallest absolute Gasteiger partial charge is 0.201 e. The van der Waals surface area contributed by atoms with E-state index < -0.39 is 0 Å². The van der Waals surface area contributed by atoms with Crippen LogP contribution in [0.3, 0.4) is 0 Å². The van der Waals surface area contributed by atoms with Crippen LogP contribution in [-0.4, -0.2) is 135 Å². The van der Waals surface area contributed by atoms with Gasteiger partial charge in [0.1, 0.15) is 49.7 Å². The third-order valence-corrected chi connectivity index (χ3v) is 9.63. The normalized spacial score (nSPS) is 10.5. The maximum atomic E-state index is 4.08. The monoisotopic (exact) mass is 937 g/mol. The van der Waals surface area contributed by atoms with E-state index in [0.29, 0.717) is 11.3 Å². The SMILES string of the molecule is Cn1nc2cccnc2n1.Cn1nc2ccncc2n1.Cn1nnc2ccccc21.Cn1nnc2cccnc21.Cn1nnc2ccncc21.Cn1nnc2cnccc21.Cn1nnc2ncccc21. The second kappa shape index (κ2) is 21.9. The summed E-state index contributed by atoms with van der Waals surface area (Å²) in [7, 11) is 12.8. The molecule has 0 fully saturated rings. The van der Waals surface area contributed by atoms with Gasteiger partial charge in [0.25, 0.3) is 0 Å². The van der Waals surface area contributed by atoms with Crippen molar-refractivity contribution in [3.8, 4) is 0 Å². The van der Waals surface area contributed by atoms with Crippen molar-refractivity contribution in [3.05, 3.63) is 135 Å². The maximum absolute atomic E-state index is 4.08. The van der Waals surface area contributed by atoms with Crippen molar-refractivity contribution in [2.24, 2.45) is 49.3 Å². The van der Waals surface area contributed by atoms with E-state index in [1.54, 1.807) is 93.3 Å². The lowest BCUT2D eigenvalue weighted by Crippen LogP contribution is -1.90. The number of hydrogen-bond donors (Lipinski definition) is 0. The molecule has 0 radical (unpaired) electrons. The Hall–Kier alpha value is -10.1. The molecule has 0 aliphatic carbocycles. The highest BCUT2D eigenvalue weighted by atomic mass is 15.5. The molecule has 27 nitrogen and oxygen atoms in total. The maximum Gasteiger partial charge on any atom is 0.201 e. The third-order valence-electron chi connectivity index (χ3n) is 9.63. The molecule has 0 saturated carbocycles. The first-order chi connectivity index (χ1) is 34.1. The first-order valence-corrected chi connectivity index (χ1v) is 21.0. The van der Waals surface area contributed by atoms with Gasteiger partial charge in [-0.1, -0.05) is 38.2 Å². The summed E-state index contributed by atoms with van der Waals surface area (Å²) in [5.74, 6) is 0. The molecular weight excluding hydrogens is 895 g/mol. The molecule has 0 atom stereocenters. The molecule has 0 saturated heterocycles. The topological polar surface area (TPSA) is 292 Å². The van der Waals surface area contributed by atoms with Gasteiger partial charge in [0, 0.05) is 86.5 Å². The number of aromatic nitrogens is 27. The summed E-state index contributed by atoms with van der Waals surface area (Å²) >= 11 is 0. The van der Waals surface area contributed by atoms with Crippen molar-refractivity contribution in [2.45, 2.75) is 0 Å². The highest BCUT2D eigenvalue weighted by molar-refractivity contribution is 5.75. The quantitative estimate of drug-likeness (QED) is 0.211. The summed E-state index contributed by atoms with van der Waals surface area (Å²) in [6.07, 6.45) is 15.4. The molecule has 13 aromatic heterocycles. The van der Waals surface area contributed by atoms with Crippen molar-refractivity contribution in [2.75, 3.05) is 0 Å².